The molecule has 0 saturated carbocycles. The molecule has 11 nitrogen and oxygen atoms in total. The number of carbonyl (C=O) groups is 2. The van der Waals surface area contributed by atoms with Crippen molar-refractivity contribution in [2.24, 2.45) is 0 Å². The van der Waals surface area contributed by atoms with Crippen LogP contribution in [0.25, 0.3) is 10.2 Å². The summed E-state index contributed by atoms with van der Waals surface area (Å²) in [5.41, 5.74) is -1.21. The number of hydrogen-bond donors (Lipinski definition) is 1. The maximum absolute atomic E-state index is 14.0. The van der Waals surface area contributed by atoms with Gasteiger partial charge >= 0.3 is 11.7 Å². The van der Waals surface area contributed by atoms with E-state index in [1.165, 1.54) is 4.57 Å². The smallest absolute Gasteiger partial charge is 0.348 e. The highest BCUT2D eigenvalue weighted by atomic mass is 32.1. The number of esters is 1. The topological polar surface area (TPSA) is 129 Å². The number of aliphatic hydroxyl groups excluding tert-OH is 1. The van der Waals surface area contributed by atoms with E-state index in [1.807, 2.05) is 24.3 Å². The first-order valence-corrected chi connectivity index (χ1v) is 16.0. The maximum atomic E-state index is 14.0. The summed E-state index contributed by atoms with van der Waals surface area (Å²) in [5.74, 6) is -0.110. The van der Waals surface area contributed by atoms with Gasteiger partial charge in [-0.1, -0.05) is 18.2 Å². The Hall–Kier alpha value is -3.48. The second-order valence-electron chi connectivity index (χ2n) is 11.5. The second-order valence-corrected chi connectivity index (χ2v) is 12.5. The van der Waals surface area contributed by atoms with Gasteiger partial charge in [-0.05, 0) is 77.0 Å². The molecule has 1 N–H and O–H groups in total. The Morgan fingerprint density at radius 3 is 2.36 bits per heavy atom. The lowest BCUT2D eigenvalue weighted by atomic mass is 10.0. The molecule has 44 heavy (non-hydrogen) atoms. The summed E-state index contributed by atoms with van der Waals surface area (Å²) in [7, 11) is 1.59. The number of aromatic nitrogens is 2. The molecule has 0 radical (unpaired) electrons. The number of fused-ring (bicyclic) bond motifs is 1. The van der Waals surface area contributed by atoms with Crippen LogP contribution in [-0.2, 0) is 32.8 Å². The number of rotatable bonds is 8. The summed E-state index contributed by atoms with van der Waals surface area (Å²) in [6, 6.07) is 7.53. The molecule has 2 fully saturated rings. The van der Waals surface area contributed by atoms with Crippen LogP contribution in [0.5, 0.6) is 5.75 Å². The number of benzene rings is 1. The number of methoxy groups -OCH3 is 1. The molecular formula is C32H43N3O8S. The first-order chi connectivity index (χ1) is 21.0. The van der Waals surface area contributed by atoms with Crippen molar-refractivity contribution in [1.29, 1.82) is 0 Å². The van der Waals surface area contributed by atoms with Gasteiger partial charge in [-0.15, -0.1) is 11.3 Å². The Labute approximate surface area is 261 Å². The molecule has 240 valence electrons. The molecule has 4 heterocycles. The number of hydrogen-bond acceptors (Lipinski definition) is 9. The van der Waals surface area contributed by atoms with E-state index in [-0.39, 0.29) is 35.4 Å². The van der Waals surface area contributed by atoms with Crippen LogP contribution < -0.4 is 16.0 Å². The fourth-order valence-electron chi connectivity index (χ4n) is 5.66. The number of thiophene rings is 1. The largest absolute Gasteiger partial charge is 0.496 e. The third-order valence-electron chi connectivity index (χ3n) is 8.14. The van der Waals surface area contributed by atoms with Crippen molar-refractivity contribution in [2.45, 2.75) is 78.0 Å². The summed E-state index contributed by atoms with van der Waals surface area (Å²) in [6.07, 6.45) is 3.79. The van der Waals surface area contributed by atoms with E-state index in [0.717, 1.165) is 60.4 Å². The molecule has 0 aliphatic carbocycles. The lowest BCUT2D eigenvalue weighted by Gasteiger charge is -2.31. The van der Waals surface area contributed by atoms with Crippen molar-refractivity contribution in [3.63, 3.8) is 0 Å². The van der Waals surface area contributed by atoms with Crippen molar-refractivity contribution in [1.82, 2.24) is 14.0 Å². The van der Waals surface area contributed by atoms with E-state index in [0.29, 0.717) is 35.7 Å². The van der Waals surface area contributed by atoms with Gasteiger partial charge in [0.2, 0.25) is 5.91 Å². The summed E-state index contributed by atoms with van der Waals surface area (Å²) < 4.78 is 18.2. The van der Waals surface area contributed by atoms with Crippen molar-refractivity contribution >= 4 is 33.4 Å². The number of para-hydroxylation sites is 1. The molecule has 12 heteroatoms. The van der Waals surface area contributed by atoms with Gasteiger partial charge in [0.25, 0.3) is 5.56 Å². The Balaban J connectivity index is 0.000000555. The van der Waals surface area contributed by atoms with E-state index in [2.05, 4.69) is 0 Å². The maximum Gasteiger partial charge on any atom is 0.348 e. The van der Waals surface area contributed by atoms with Gasteiger partial charge in [0.15, 0.2) is 0 Å². The van der Waals surface area contributed by atoms with E-state index >= 15 is 0 Å². The summed E-state index contributed by atoms with van der Waals surface area (Å²) in [5, 5.41) is 9.09. The summed E-state index contributed by atoms with van der Waals surface area (Å²) >= 11 is 1.07. The molecule has 0 unspecified atom stereocenters. The standard InChI is InChI=1S/C27H33N3O6S.C5H10O2/c1-6-36-24(32)21-17(2)20-22(31)30(27(3,4)25(33)28-14-9-10-15-28)26(34)29(23(20)37-21)16-13-18-11-7-8-12-19(18)35-5;6-5-1-3-7-4-2-5/h7-8,11-12H,6,9-10,13-16H2,1-5H3;5-6H,1-4H2. The lowest BCUT2D eigenvalue weighted by molar-refractivity contribution is -0.138. The highest BCUT2D eigenvalue weighted by Gasteiger charge is 2.39. The van der Waals surface area contributed by atoms with Gasteiger partial charge < -0.3 is 24.2 Å². The van der Waals surface area contributed by atoms with Crippen LogP contribution in [-0.4, -0.2) is 77.1 Å². The quantitative estimate of drug-likeness (QED) is 0.375. The third-order valence-corrected chi connectivity index (χ3v) is 9.43. The van der Waals surface area contributed by atoms with Crippen LogP contribution in [0.4, 0.5) is 0 Å². The van der Waals surface area contributed by atoms with Gasteiger partial charge in [0.1, 0.15) is 21.0 Å². The van der Waals surface area contributed by atoms with Crippen molar-refractivity contribution < 1.29 is 28.9 Å². The highest BCUT2D eigenvalue weighted by Crippen LogP contribution is 2.30. The number of amides is 1. The third kappa shape index (κ3) is 6.92. The van der Waals surface area contributed by atoms with Crippen LogP contribution in [0.3, 0.4) is 0 Å². The first-order valence-electron chi connectivity index (χ1n) is 15.2. The minimum atomic E-state index is -1.41. The molecule has 1 aromatic carbocycles. The van der Waals surface area contributed by atoms with Crippen molar-refractivity contribution in [2.75, 3.05) is 40.0 Å². The van der Waals surface area contributed by atoms with Crippen LogP contribution in [0.2, 0.25) is 0 Å². The van der Waals surface area contributed by atoms with Crippen LogP contribution >= 0.6 is 11.3 Å². The number of nitrogens with zero attached hydrogens (tertiary/aromatic N) is 3. The van der Waals surface area contributed by atoms with Gasteiger partial charge in [0.05, 0.1) is 25.2 Å². The van der Waals surface area contributed by atoms with E-state index in [4.69, 9.17) is 19.3 Å². The molecule has 2 aliphatic heterocycles. The average molecular weight is 630 g/mol. The zero-order chi connectivity index (χ0) is 32.0. The molecule has 1 amide bonds. The molecule has 2 aromatic heterocycles. The Morgan fingerprint density at radius 1 is 1.11 bits per heavy atom. The normalized spacial score (nSPS) is 15.6. The van der Waals surface area contributed by atoms with E-state index in [9.17, 15) is 19.2 Å². The molecule has 0 spiro atoms. The molecule has 5 rings (SSSR count). The van der Waals surface area contributed by atoms with Gasteiger partial charge in [-0.25, -0.2) is 14.2 Å². The molecular weight excluding hydrogens is 586 g/mol. The van der Waals surface area contributed by atoms with Crippen LogP contribution in [0.15, 0.2) is 33.9 Å². The van der Waals surface area contributed by atoms with Crippen LogP contribution in [0, 0.1) is 6.92 Å². The highest BCUT2D eigenvalue weighted by molar-refractivity contribution is 7.20. The Morgan fingerprint density at radius 2 is 1.77 bits per heavy atom. The van der Waals surface area contributed by atoms with Gasteiger partial charge in [-0.3, -0.25) is 14.2 Å². The fourth-order valence-corrected chi connectivity index (χ4v) is 6.87. The number of likely N-dealkylation sites (tertiary alicyclic amines) is 1. The first kappa shape index (κ1) is 33.4. The SMILES string of the molecule is CCOC(=O)c1sc2c(c1C)c(=O)n(C(C)(C)C(=O)N1CCCC1)c(=O)n2CCc1ccccc1OC.OC1CCOCC1. The molecule has 3 aromatic rings. The predicted molar refractivity (Wildman–Crippen MR) is 169 cm³/mol. The molecule has 2 aliphatic rings. The number of carbonyl (C=O) groups excluding carboxylic acids is 2. The van der Waals surface area contributed by atoms with Crippen LogP contribution in [0.1, 0.15) is 67.3 Å². The lowest BCUT2D eigenvalue weighted by Crippen LogP contribution is -2.56. The fraction of sp³-hybridized carbons (Fsp3) is 0.562. The second kappa shape index (κ2) is 14.5. The zero-order valence-electron chi connectivity index (χ0n) is 26.2. The van der Waals surface area contributed by atoms with Gasteiger partial charge in [0, 0.05) is 32.8 Å². The monoisotopic (exact) mass is 629 g/mol. The number of ether oxygens (including phenoxy) is 3. The predicted octanol–water partition coefficient (Wildman–Crippen LogP) is 3.48. The summed E-state index contributed by atoms with van der Waals surface area (Å²) in [6.45, 7) is 9.71. The molecule has 2 saturated heterocycles. The Kier molecular flexibility index (Phi) is 11.0. The zero-order valence-corrected chi connectivity index (χ0v) is 27.0. The summed E-state index contributed by atoms with van der Waals surface area (Å²) in [4.78, 5) is 56.4. The number of aliphatic hydroxyl groups is 1. The molecule has 0 bridgehead atoms. The number of aryl methyl sites for hydroxylation is 3. The van der Waals surface area contributed by atoms with Crippen molar-refractivity contribution in [3.05, 3.63) is 61.1 Å². The van der Waals surface area contributed by atoms with E-state index < -0.39 is 22.8 Å². The Bertz CT molecular complexity index is 1590. The minimum absolute atomic E-state index is 0.0891. The molecule has 0 atom stereocenters. The average Bonchev–Trinajstić information content (AvgIpc) is 3.66. The van der Waals surface area contributed by atoms with Crippen molar-refractivity contribution in [3.8, 4) is 5.75 Å². The minimum Gasteiger partial charge on any atom is -0.496 e. The van der Waals surface area contributed by atoms with E-state index in [1.54, 1.807) is 39.7 Å². The van der Waals surface area contributed by atoms with Gasteiger partial charge in [-0.2, -0.15) is 0 Å².